The summed E-state index contributed by atoms with van der Waals surface area (Å²) < 4.78 is 5.54. The summed E-state index contributed by atoms with van der Waals surface area (Å²) in [6.45, 7) is 3.85. The Morgan fingerprint density at radius 1 is 1.06 bits per heavy atom. The van der Waals surface area contributed by atoms with Crippen LogP contribution in [0.1, 0.15) is 49.1 Å². The number of alkyl carbamates (subject to hydrolysis) is 1. The van der Waals surface area contributed by atoms with Gasteiger partial charge in [-0.05, 0) is 41.5 Å². The molecule has 1 saturated carbocycles. The van der Waals surface area contributed by atoms with Crippen LogP contribution in [0.25, 0.3) is 11.1 Å². The fourth-order valence-electron chi connectivity index (χ4n) is 5.08. The lowest BCUT2D eigenvalue weighted by molar-refractivity contribution is -0.148. The molecule has 0 heterocycles. The first kappa shape index (κ1) is 23.5. The number of rotatable bonds is 9. The maximum atomic E-state index is 12.8. The molecule has 2 amide bonds. The number of carbonyl (C=O) groups excluding carboxylic acids is 2. The molecular formula is C27H30N2O5. The highest BCUT2D eigenvalue weighted by atomic mass is 16.5. The smallest absolute Gasteiger partial charge is 0.407 e. The zero-order valence-electron chi connectivity index (χ0n) is 19.1. The number of carbonyl (C=O) groups is 3. The van der Waals surface area contributed by atoms with Crippen molar-refractivity contribution in [2.75, 3.05) is 13.2 Å². The Labute approximate surface area is 199 Å². The Morgan fingerprint density at radius 2 is 1.65 bits per heavy atom. The SMILES string of the molecule is C=CCC(NC(=O)OCC1c2ccccc2-c2ccccc21)C(=O)NCC1(C(=O)O)CCCC1. The second-order valence-electron chi connectivity index (χ2n) is 9.06. The summed E-state index contributed by atoms with van der Waals surface area (Å²) in [7, 11) is 0. The fraction of sp³-hybridized carbons (Fsp3) is 0.370. The van der Waals surface area contributed by atoms with E-state index >= 15 is 0 Å². The molecule has 1 atom stereocenters. The third-order valence-corrected chi connectivity index (χ3v) is 6.97. The number of fused-ring (bicyclic) bond motifs is 3. The van der Waals surface area contributed by atoms with Crippen molar-refractivity contribution in [3.8, 4) is 11.1 Å². The number of carboxylic acids is 1. The molecule has 4 rings (SSSR count). The highest BCUT2D eigenvalue weighted by molar-refractivity contribution is 5.86. The van der Waals surface area contributed by atoms with Crippen LogP contribution in [0.15, 0.2) is 61.2 Å². The number of aliphatic carboxylic acids is 1. The van der Waals surface area contributed by atoms with E-state index in [1.54, 1.807) is 0 Å². The van der Waals surface area contributed by atoms with Gasteiger partial charge in [-0.25, -0.2) is 4.79 Å². The lowest BCUT2D eigenvalue weighted by atomic mass is 9.86. The van der Waals surface area contributed by atoms with Crippen LogP contribution in [0.5, 0.6) is 0 Å². The van der Waals surface area contributed by atoms with Crippen molar-refractivity contribution in [2.24, 2.45) is 5.41 Å². The number of hydrogen-bond acceptors (Lipinski definition) is 4. The molecule has 2 aromatic carbocycles. The van der Waals surface area contributed by atoms with Crippen LogP contribution in [0.2, 0.25) is 0 Å². The average Bonchev–Trinajstić information content (AvgIpc) is 3.45. The Hall–Kier alpha value is -3.61. The van der Waals surface area contributed by atoms with Crippen molar-refractivity contribution in [3.05, 3.63) is 72.3 Å². The summed E-state index contributed by atoms with van der Waals surface area (Å²) in [5.74, 6) is -1.42. The first-order valence-electron chi connectivity index (χ1n) is 11.7. The van der Waals surface area contributed by atoms with Crippen LogP contribution >= 0.6 is 0 Å². The molecule has 0 aromatic heterocycles. The first-order valence-corrected chi connectivity index (χ1v) is 11.7. The van der Waals surface area contributed by atoms with Gasteiger partial charge >= 0.3 is 12.1 Å². The summed E-state index contributed by atoms with van der Waals surface area (Å²) in [5.41, 5.74) is 3.54. The summed E-state index contributed by atoms with van der Waals surface area (Å²) >= 11 is 0. The highest BCUT2D eigenvalue weighted by Crippen LogP contribution is 2.44. The maximum absolute atomic E-state index is 12.8. The van der Waals surface area contributed by atoms with E-state index in [4.69, 9.17) is 4.74 Å². The first-order chi connectivity index (χ1) is 16.4. The van der Waals surface area contributed by atoms with E-state index in [1.165, 1.54) is 6.08 Å². The van der Waals surface area contributed by atoms with Gasteiger partial charge in [-0.15, -0.1) is 6.58 Å². The predicted molar refractivity (Wildman–Crippen MR) is 128 cm³/mol. The molecule has 0 spiro atoms. The molecule has 7 heteroatoms. The van der Waals surface area contributed by atoms with Gasteiger partial charge in [-0.3, -0.25) is 9.59 Å². The van der Waals surface area contributed by atoms with E-state index in [9.17, 15) is 19.5 Å². The summed E-state index contributed by atoms with van der Waals surface area (Å²) in [5, 5.41) is 15.0. The third kappa shape index (κ3) is 4.69. The van der Waals surface area contributed by atoms with Gasteiger partial charge in [-0.2, -0.15) is 0 Å². The standard InChI is InChI=1S/C27H30N2O5/c1-2-9-23(24(30)28-17-27(25(31)32)14-7-8-15-27)29-26(33)34-16-22-20-12-5-3-10-18(20)19-11-4-6-13-21(19)22/h2-6,10-13,22-23H,1,7-9,14-17H2,(H,28,30)(H,29,33)(H,31,32). The molecule has 1 unspecified atom stereocenters. The van der Waals surface area contributed by atoms with Crippen LogP contribution in [-0.2, 0) is 14.3 Å². The quantitative estimate of drug-likeness (QED) is 0.484. The van der Waals surface area contributed by atoms with Crippen molar-refractivity contribution in [3.63, 3.8) is 0 Å². The molecule has 0 bridgehead atoms. The zero-order chi connectivity index (χ0) is 24.1. The largest absolute Gasteiger partial charge is 0.481 e. The molecule has 34 heavy (non-hydrogen) atoms. The Morgan fingerprint density at radius 3 is 2.21 bits per heavy atom. The number of ether oxygens (including phenoxy) is 1. The van der Waals surface area contributed by atoms with Crippen molar-refractivity contribution >= 4 is 18.0 Å². The van der Waals surface area contributed by atoms with Crippen molar-refractivity contribution in [1.82, 2.24) is 10.6 Å². The molecule has 178 valence electrons. The van der Waals surface area contributed by atoms with Crippen molar-refractivity contribution in [2.45, 2.75) is 44.1 Å². The second-order valence-corrected chi connectivity index (χ2v) is 9.06. The molecule has 0 saturated heterocycles. The maximum Gasteiger partial charge on any atom is 0.407 e. The molecule has 0 aliphatic heterocycles. The van der Waals surface area contributed by atoms with Gasteiger partial charge in [0.2, 0.25) is 5.91 Å². The Bertz CT molecular complexity index is 1040. The number of nitrogens with one attached hydrogen (secondary N) is 2. The fourth-order valence-corrected chi connectivity index (χ4v) is 5.08. The minimum absolute atomic E-state index is 0.0428. The lowest BCUT2D eigenvalue weighted by Crippen LogP contribution is -2.50. The molecule has 2 aromatic rings. The van der Waals surface area contributed by atoms with Gasteiger partial charge in [0.05, 0.1) is 5.41 Å². The van der Waals surface area contributed by atoms with E-state index in [2.05, 4.69) is 29.3 Å². The van der Waals surface area contributed by atoms with E-state index in [0.717, 1.165) is 35.1 Å². The summed E-state index contributed by atoms with van der Waals surface area (Å²) in [6.07, 6.45) is 3.78. The Kier molecular flexibility index (Phi) is 7.01. The van der Waals surface area contributed by atoms with Gasteiger partial charge in [0.15, 0.2) is 0 Å². The number of hydrogen-bond donors (Lipinski definition) is 3. The normalized spacial score (nSPS) is 16.7. The molecule has 2 aliphatic rings. The van der Waals surface area contributed by atoms with Crippen LogP contribution in [-0.4, -0.2) is 42.3 Å². The van der Waals surface area contributed by atoms with E-state index in [-0.39, 0.29) is 25.5 Å². The monoisotopic (exact) mass is 462 g/mol. The van der Waals surface area contributed by atoms with Gasteiger partial charge < -0.3 is 20.5 Å². The van der Waals surface area contributed by atoms with Gasteiger partial charge in [0.25, 0.3) is 0 Å². The van der Waals surface area contributed by atoms with Crippen LogP contribution in [0.3, 0.4) is 0 Å². The van der Waals surface area contributed by atoms with Crippen LogP contribution in [0, 0.1) is 5.41 Å². The zero-order valence-corrected chi connectivity index (χ0v) is 19.1. The van der Waals surface area contributed by atoms with Gasteiger partial charge in [0, 0.05) is 12.5 Å². The molecule has 3 N–H and O–H groups in total. The minimum Gasteiger partial charge on any atom is -0.481 e. The molecular weight excluding hydrogens is 432 g/mol. The number of amides is 2. The number of carboxylic acid groups (broad SMARTS) is 1. The highest BCUT2D eigenvalue weighted by Gasteiger charge is 2.41. The summed E-state index contributed by atoms with van der Waals surface area (Å²) in [6, 6.07) is 15.2. The van der Waals surface area contributed by atoms with Crippen LogP contribution < -0.4 is 10.6 Å². The predicted octanol–water partition coefficient (Wildman–Crippen LogP) is 4.23. The van der Waals surface area contributed by atoms with E-state index < -0.39 is 29.4 Å². The lowest BCUT2D eigenvalue weighted by Gasteiger charge is -2.25. The molecule has 1 fully saturated rings. The minimum atomic E-state index is -0.932. The molecule has 0 radical (unpaired) electrons. The average molecular weight is 463 g/mol. The topological polar surface area (TPSA) is 105 Å². The van der Waals surface area contributed by atoms with Crippen LogP contribution in [0.4, 0.5) is 4.79 Å². The number of benzene rings is 2. The molecule has 7 nitrogen and oxygen atoms in total. The summed E-state index contributed by atoms with van der Waals surface area (Å²) in [4.78, 5) is 37.1. The van der Waals surface area contributed by atoms with Gasteiger partial charge in [0.1, 0.15) is 12.6 Å². The van der Waals surface area contributed by atoms with Crippen molar-refractivity contribution in [1.29, 1.82) is 0 Å². The van der Waals surface area contributed by atoms with Crippen molar-refractivity contribution < 1.29 is 24.2 Å². The van der Waals surface area contributed by atoms with E-state index in [1.807, 2.05) is 36.4 Å². The third-order valence-electron chi connectivity index (χ3n) is 6.97. The Balaban J connectivity index is 1.37. The van der Waals surface area contributed by atoms with Gasteiger partial charge in [-0.1, -0.05) is 67.4 Å². The molecule has 2 aliphatic carbocycles. The second kappa shape index (κ2) is 10.1. The van der Waals surface area contributed by atoms with E-state index in [0.29, 0.717) is 12.8 Å².